The van der Waals surface area contributed by atoms with Gasteiger partial charge >= 0.3 is 0 Å². The molecular formula is C15H32N2O2S. The van der Waals surface area contributed by atoms with Crippen LogP contribution < -0.4 is 5.32 Å². The van der Waals surface area contributed by atoms with Crippen LogP contribution in [-0.2, 0) is 10.0 Å². The second-order valence-electron chi connectivity index (χ2n) is 5.90. The highest BCUT2D eigenvalue weighted by atomic mass is 32.2. The van der Waals surface area contributed by atoms with Crippen LogP contribution in [0.1, 0.15) is 58.8 Å². The SMILES string of the molecule is CCCNCCCS(=O)(=O)N1CCCC(CCC)CC1. The molecule has 0 saturated carbocycles. The van der Waals surface area contributed by atoms with Gasteiger partial charge in [-0.3, -0.25) is 0 Å². The number of hydrogen-bond donors (Lipinski definition) is 1. The van der Waals surface area contributed by atoms with Gasteiger partial charge < -0.3 is 5.32 Å². The number of sulfonamides is 1. The van der Waals surface area contributed by atoms with Crippen LogP contribution in [0.25, 0.3) is 0 Å². The first-order valence-corrected chi connectivity index (χ1v) is 9.89. The Balaban J connectivity index is 2.35. The zero-order valence-corrected chi connectivity index (χ0v) is 14.1. The van der Waals surface area contributed by atoms with Crippen molar-refractivity contribution in [1.82, 2.24) is 9.62 Å². The van der Waals surface area contributed by atoms with Crippen molar-refractivity contribution in [1.29, 1.82) is 0 Å². The highest BCUT2D eigenvalue weighted by Crippen LogP contribution is 2.23. The predicted octanol–water partition coefficient (Wildman–Crippen LogP) is 2.61. The predicted molar refractivity (Wildman–Crippen MR) is 85.4 cm³/mol. The minimum atomic E-state index is -3.04. The van der Waals surface area contributed by atoms with Crippen LogP contribution in [0.15, 0.2) is 0 Å². The minimum absolute atomic E-state index is 0.294. The van der Waals surface area contributed by atoms with Gasteiger partial charge in [-0.15, -0.1) is 0 Å². The summed E-state index contributed by atoms with van der Waals surface area (Å²) in [5.41, 5.74) is 0. The van der Waals surface area contributed by atoms with Gasteiger partial charge in [-0.25, -0.2) is 12.7 Å². The van der Waals surface area contributed by atoms with Crippen LogP contribution in [0.3, 0.4) is 0 Å². The van der Waals surface area contributed by atoms with Crippen molar-refractivity contribution in [2.24, 2.45) is 5.92 Å². The molecule has 0 bridgehead atoms. The van der Waals surface area contributed by atoms with E-state index in [1.165, 1.54) is 19.3 Å². The Morgan fingerprint density at radius 3 is 2.60 bits per heavy atom. The maximum atomic E-state index is 12.3. The molecule has 1 saturated heterocycles. The molecule has 0 spiro atoms. The number of nitrogens with zero attached hydrogens (tertiary/aromatic N) is 1. The van der Waals surface area contributed by atoms with Crippen molar-refractivity contribution < 1.29 is 8.42 Å². The molecule has 0 aliphatic carbocycles. The summed E-state index contributed by atoms with van der Waals surface area (Å²) in [6.07, 6.45) is 7.53. The standard InChI is InChI=1S/C15H32N2O2S/c1-3-7-15-8-5-12-17(13-9-15)20(18,19)14-6-11-16-10-4-2/h15-16H,3-14H2,1-2H3. The van der Waals surface area contributed by atoms with E-state index in [2.05, 4.69) is 19.2 Å². The van der Waals surface area contributed by atoms with Crippen molar-refractivity contribution in [3.05, 3.63) is 0 Å². The first kappa shape index (κ1) is 17.9. The molecule has 1 aliphatic heterocycles. The van der Waals surface area contributed by atoms with Crippen molar-refractivity contribution in [3.63, 3.8) is 0 Å². The first-order chi connectivity index (χ1) is 9.60. The second kappa shape index (κ2) is 9.74. The fourth-order valence-electron chi connectivity index (χ4n) is 2.92. The molecule has 0 aromatic heterocycles. The van der Waals surface area contributed by atoms with Crippen LogP contribution in [0.2, 0.25) is 0 Å². The molecule has 1 fully saturated rings. The molecule has 120 valence electrons. The van der Waals surface area contributed by atoms with Crippen LogP contribution in [-0.4, -0.2) is 44.7 Å². The Morgan fingerprint density at radius 1 is 1.10 bits per heavy atom. The van der Waals surface area contributed by atoms with Crippen molar-refractivity contribution in [3.8, 4) is 0 Å². The maximum absolute atomic E-state index is 12.3. The number of rotatable bonds is 9. The number of hydrogen-bond acceptors (Lipinski definition) is 3. The van der Waals surface area contributed by atoms with Gasteiger partial charge in [0.15, 0.2) is 0 Å². The quantitative estimate of drug-likeness (QED) is 0.666. The molecular weight excluding hydrogens is 272 g/mol. The van der Waals surface area contributed by atoms with Crippen LogP contribution in [0.4, 0.5) is 0 Å². The fraction of sp³-hybridized carbons (Fsp3) is 1.00. The van der Waals surface area contributed by atoms with Gasteiger partial charge in [0.05, 0.1) is 5.75 Å². The van der Waals surface area contributed by atoms with Crippen molar-refractivity contribution >= 4 is 10.0 Å². The van der Waals surface area contributed by atoms with E-state index in [1.54, 1.807) is 4.31 Å². The van der Waals surface area contributed by atoms with Gasteiger partial charge in [-0.05, 0) is 51.1 Å². The molecule has 1 N–H and O–H groups in total. The molecule has 1 unspecified atom stereocenters. The van der Waals surface area contributed by atoms with E-state index >= 15 is 0 Å². The molecule has 1 rings (SSSR count). The largest absolute Gasteiger partial charge is 0.317 e. The zero-order valence-electron chi connectivity index (χ0n) is 13.2. The second-order valence-corrected chi connectivity index (χ2v) is 7.99. The Kier molecular flexibility index (Phi) is 8.73. The topological polar surface area (TPSA) is 49.4 Å². The molecule has 1 aliphatic rings. The Morgan fingerprint density at radius 2 is 1.90 bits per heavy atom. The van der Waals surface area contributed by atoms with E-state index in [1.807, 2.05) is 0 Å². The molecule has 1 atom stereocenters. The third-order valence-corrected chi connectivity index (χ3v) is 6.04. The van der Waals surface area contributed by atoms with Crippen LogP contribution in [0.5, 0.6) is 0 Å². The van der Waals surface area contributed by atoms with E-state index in [0.717, 1.165) is 57.8 Å². The molecule has 0 aromatic carbocycles. The third kappa shape index (κ3) is 6.55. The van der Waals surface area contributed by atoms with E-state index in [0.29, 0.717) is 5.75 Å². The molecule has 1 heterocycles. The van der Waals surface area contributed by atoms with Crippen molar-refractivity contribution in [2.45, 2.75) is 58.8 Å². The van der Waals surface area contributed by atoms with Crippen molar-refractivity contribution in [2.75, 3.05) is 31.9 Å². The van der Waals surface area contributed by atoms with Gasteiger partial charge in [0.1, 0.15) is 0 Å². The summed E-state index contributed by atoms with van der Waals surface area (Å²) in [5, 5.41) is 3.26. The highest BCUT2D eigenvalue weighted by Gasteiger charge is 2.25. The number of nitrogens with one attached hydrogen (secondary N) is 1. The van der Waals surface area contributed by atoms with Gasteiger partial charge in [-0.1, -0.05) is 26.7 Å². The fourth-order valence-corrected chi connectivity index (χ4v) is 4.48. The highest BCUT2D eigenvalue weighted by molar-refractivity contribution is 7.89. The lowest BCUT2D eigenvalue weighted by atomic mass is 9.96. The minimum Gasteiger partial charge on any atom is -0.317 e. The van der Waals surface area contributed by atoms with Crippen LogP contribution in [0, 0.1) is 5.92 Å². The average Bonchev–Trinajstić information content (AvgIpc) is 2.65. The molecule has 5 heteroatoms. The summed E-state index contributed by atoms with van der Waals surface area (Å²) >= 11 is 0. The molecule has 4 nitrogen and oxygen atoms in total. The normalized spacial score (nSPS) is 21.8. The Hall–Kier alpha value is -0.130. The van der Waals surface area contributed by atoms with Gasteiger partial charge in [0.2, 0.25) is 10.0 Å². The van der Waals surface area contributed by atoms with E-state index in [9.17, 15) is 8.42 Å². The van der Waals surface area contributed by atoms with E-state index in [-0.39, 0.29) is 0 Å². The summed E-state index contributed by atoms with van der Waals surface area (Å²) < 4.78 is 26.4. The zero-order chi connectivity index (χ0) is 14.8. The van der Waals surface area contributed by atoms with Gasteiger partial charge in [-0.2, -0.15) is 0 Å². The maximum Gasteiger partial charge on any atom is 0.214 e. The lowest BCUT2D eigenvalue weighted by molar-refractivity contribution is 0.399. The molecule has 0 radical (unpaired) electrons. The summed E-state index contributed by atoms with van der Waals surface area (Å²) in [6, 6.07) is 0. The molecule has 0 aromatic rings. The smallest absolute Gasteiger partial charge is 0.214 e. The van der Waals surface area contributed by atoms with E-state index in [4.69, 9.17) is 0 Å². The summed E-state index contributed by atoms with van der Waals surface area (Å²) in [4.78, 5) is 0. The Labute approximate surface area is 125 Å². The first-order valence-electron chi connectivity index (χ1n) is 8.28. The molecule has 20 heavy (non-hydrogen) atoms. The lowest BCUT2D eigenvalue weighted by Crippen LogP contribution is -2.35. The van der Waals surface area contributed by atoms with Gasteiger partial charge in [0, 0.05) is 13.1 Å². The molecule has 0 amide bonds. The summed E-state index contributed by atoms with van der Waals surface area (Å²) in [6.45, 7) is 7.57. The Bertz CT molecular complexity index is 344. The average molecular weight is 305 g/mol. The summed E-state index contributed by atoms with van der Waals surface area (Å²) in [7, 11) is -3.04. The summed E-state index contributed by atoms with van der Waals surface area (Å²) in [5.74, 6) is 1.02. The van der Waals surface area contributed by atoms with Crippen LogP contribution >= 0.6 is 0 Å². The third-order valence-electron chi connectivity index (χ3n) is 4.08. The van der Waals surface area contributed by atoms with Gasteiger partial charge in [0.25, 0.3) is 0 Å². The monoisotopic (exact) mass is 304 g/mol. The van der Waals surface area contributed by atoms with E-state index < -0.39 is 10.0 Å². The lowest BCUT2D eigenvalue weighted by Gasteiger charge is -2.20.